The fraction of sp³-hybridized carbons (Fsp3) is 0.308. The third kappa shape index (κ3) is 2.22. The number of hydrogen-bond acceptors (Lipinski definition) is 3. The number of halogens is 1. The standard InChI is InChI=1S/C13H17FN4/c1-17(2)8-11-12(13(15)18(3)16-11)9-6-4-5-7-10(9)14/h4-7H,8,15H2,1-3H3. The molecule has 0 aliphatic carbocycles. The van der Waals surface area contributed by atoms with Gasteiger partial charge in [0, 0.05) is 19.2 Å². The molecule has 18 heavy (non-hydrogen) atoms. The molecule has 0 bridgehead atoms. The molecule has 1 aromatic carbocycles. The minimum Gasteiger partial charge on any atom is -0.383 e. The van der Waals surface area contributed by atoms with E-state index < -0.39 is 0 Å². The third-order valence-electron chi connectivity index (χ3n) is 2.77. The van der Waals surface area contributed by atoms with Gasteiger partial charge in [-0.3, -0.25) is 4.68 Å². The molecule has 2 aromatic rings. The van der Waals surface area contributed by atoms with E-state index in [1.807, 2.05) is 19.0 Å². The maximum absolute atomic E-state index is 13.9. The number of nitrogens with zero attached hydrogens (tertiary/aromatic N) is 3. The molecule has 0 radical (unpaired) electrons. The minimum atomic E-state index is -0.280. The maximum atomic E-state index is 13.9. The van der Waals surface area contributed by atoms with Gasteiger partial charge in [0.1, 0.15) is 11.6 Å². The fourth-order valence-electron chi connectivity index (χ4n) is 1.96. The van der Waals surface area contributed by atoms with Crippen molar-refractivity contribution in [3.63, 3.8) is 0 Å². The van der Waals surface area contributed by atoms with E-state index in [1.54, 1.807) is 29.9 Å². The van der Waals surface area contributed by atoms with Crippen molar-refractivity contribution >= 4 is 5.82 Å². The van der Waals surface area contributed by atoms with E-state index in [-0.39, 0.29) is 5.82 Å². The summed E-state index contributed by atoms with van der Waals surface area (Å²) in [4.78, 5) is 1.98. The van der Waals surface area contributed by atoms with Crippen molar-refractivity contribution in [2.24, 2.45) is 7.05 Å². The van der Waals surface area contributed by atoms with Crippen LogP contribution in [-0.2, 0) is 13.6 Å². The molecule has 0 aliphatic rings. The van der Waals surface area contributed by atoms with Crippen LogP contribution in [0.4, 0.5) is 10.2 Å². The molecule has 0 amide bonds. The van der Waals surface area contributed by atoms with Gasteiger partial charge in [0.25, 0.3) is 0 Å². The minimum absolute atomic E-state index is 0.280. The maximum Gasteiger partial charge on any atom is 0.131 e. The molecule has 0 saturated heterocycles. The predicted octanol–water partition coefficient (Wildman–Crippen LogP) is 1.87. The monoisotopic (exact) mass is 248 g/mol. The molecule has 1 heterocycles. The summed E-state index contributed by atoms with van der Waals surface area (Å²) in [5.74, 6) is 0.203. The lowest BCUT2D eigenvalue weighted by Crippen LogP contribution is -2.12. The van der Waals surface area contributed by atoms with Crippen LogP contribution in [0.1, 0.15) is 5.69 Å². The second-order valence-corrected chi connectivity index (χ2v) is 4.55. The molecule has 96 valence electrons. The molecular weight excluding hydrogens is 231 g/mol. The first-order valence-electron chi connectivity index (χ1n) is 5.71. The molecule has 0 aliphatic heterocycles. The van der Waals surface area contributed by atoms with Gasteiger partial charge in [-0.25, -0.2) is 4.39 Å². The van der Waals surface area contributed by atoms with E-state index in [1.165, 1.54) is 6.07 Å². The zero-order valence-corrected chi connectivity index (χ0v) is 10.8. The van der Waals surface area contributed by atoms with Gasteiger partial charge in [0.15, 0.2) is 0 Å². The fourth-order valence-corrected chi connectivity index (χ4v) is 1.96. The predicted molar refractivity (Wildman–Crippen MR) is 70.4 cm³/mol. The number of hydrogen-bond donors (Lipinski definition) is 1. The molecule has 2 rings (SSSR count). The Morgan fingerprint density at radius 3 is 2.61 bits per heavy atom. The van der Waals surface area contributed by atoms with E-state index in [0.717, 1.165) is 5.69 Å². The highest BCUT2D eigenvalue weighted by molar-refractivity contribution is 5.77. The van der Waals surface area contributed by atoms with Crippen molar-refractivity contribution in [1.29, 1.82) is 0 Å². The summed E-state index contributed by atoms with van der Waals surface area (Å²) >= 11 is 0. The Balaban J connectivity index is 2.59. The smallest absolute Gasteiger partial charge is 0.131 e. The van der Waals surface area contributed by atoms with Gasteiger partial charge in [-0.15, -0.1) is 0 Å². The average molecular weight is 248 g/mol. The zero-order valence-electron chi connectivity index (χ0n) is 10.8. The second-order valence-electron chi connectivity index (χ2n) is 4.55. The van der Waals surface area contributed by atoms with Gasteiger partial charge < -0.3 is 10.6 Å². The SMILES string of the molecule is CN(C)Cc1nn(C)c(N)c1-c1ccccc1F. The first-order valence-corrected chi connectivity index (χ1v) is 5.71. The lowest BCUT2D eigenvalue weighted by Gasteiger charge is -2.09. The summed E-state index contributed by atoms with van der Waals surface area (Å²) in [6.07, 6.45) is 0. The van der Waals surface area contributed by atoms with Crippen LogP contribution in [0.25, 0.3) is 11.1 Å². The highest BCUT2D eigenvalue weighted by Gasteiger charge is 2.18. The topological polar surface area (TPSA) is 47.1 Å². The summed E-state index contributed by atoms with van der Waals surface area (Å²) in [6.45, 7) is 0.620. The lowest BCUT2D eigenvalue weighted by molar-refractivity contribution is 0.395. The Morgan fingerprint density at radius 2 is 2.00 bits per heavy atom. The van der Waals surface area contributed by atoms with Crippen LogP contribution in [0, 0.1) is 5.82 Å². The molecule has 5 heteroatoms. The Hall–Kier alpha value is -1.88. The quantitative estimate of drug-likeness (QED) is 0.902. The molecule has 0 saturated carbocycles. The number of aromatic nitrogens is 2. The molecule has 0 fully saturated rings. The van der Waals surface area contributed by atoms with Crippen LogP contribution >= 0.6 is 0 Å². The van der Waals surface area contributed by atoms with Gasteiger partial charge in [0.2, 0.25) is 0 Å². The molecule has 0 spiro atoms. The number of nitrogens with two attached hydrogens (primary N) is 1. The Labute approximate surface area is 106 Å². The number of aryl methyl sites for hydroxylation is 1. The first kappa shape index (κ1) is 12.6. The summed E-state index contributed by atoms with van der Waals surface area (Å²) < 4.78 is 15.5. The highest BCUT2D eigenvalue weighted by atomic mass is 19.1. The van der Waals surface area contributed by atoms with Crippen LogP contribution in [0.5, 0.6) is 0 Å². The highest BCUT2D eigenvalue weighted by Crippen LogP contribution is 2.31. The van der Waals surface area contributed by atoms with Crippen molar-refractivity contribution in [1.82, 2.24) is 14.7 Å². The van der Waals surface area contributed by atoms with Gasteiger partial charge in [-0.05, 0) is 20.2 Å². The van der Waals surface area contributed by atoms with E-state index in [2.05, 4.69) is 5.10 Å². The molecule has 1 aromatic heterocycles. The van der Waals surface area contributed by atoms with E-state index in [4.69, 9.17) is 5.73 Å². The molecule has 2 N–H and O–H groups in total. The molecule has 0 atom stereocenters. The van der Waals surface area contributed by atoms with Gasteiger partial charge >= 0.3 is 0 Å². The van der Waals surface area contributed by atoms with Gasteiger partial charge in [0.05, 0.1) is 11.3 Å². The van der Waals surface area contributed by atoms with Crippen LogP contribution in [0.3, 0.4) is 0 Å². The normalized spacial score (nSPS) is 11.2. The van der Waals surface area contributed by atoms with Crippen LogP contribution in [0.2, 0.25) is 0 Å². The zero-order chi connectivity index (χ0) is 13.3. The molecule has 4 nitrogen and oxygen atoms in total. The van der Waals surface area contributed by atoms with E-state index >= 15 is 0 Å². The summed E-state index contributed by atoms with van der Waals surface area (Å²) in [7, 11) is 5.64. The number of benzene rings is 1. The Morgan fingerprint density at radius 1 is 1.33 bits per heavy atom. The van der Waals surface area contributed by atoms with E-state index in [0.29, 0.717) is 23.5 Å². The largest absolute Gasteiger partial charge is 0.383 e. The summed E-state index contributed by atoms with van der Waals surface area (Å²) in [5.41, 5.74) is 7.96. The second kappa shape index (κ2) is 4.78. The Bertz CT molecular complexity index is 560. The summed E-state index contributed by atoms with van der Waals surface area (Å²) in [6, 6.07) is 6.62. The van der Waals surface area contributed by atoms with Gasteiger partial charge in [-0.2, -0.15) is 5.10 Å². The molecular formula is C13H17FN4. The third-order valence-corrected chi connectivity index (χ3v) is 2.77. The van der Waals surface area contributed by atoms with Crippen molar-refractivity contribution in [3.8, 4) is 11.1 Å². The number of rotatable bonds is 3. The Kier molecular flexibility index (Phi) is 3.34. The van der Waals surface area contributed by atoms with Crippen molar-refractivity contribution in [2.75, 3.05) is 19.8 Å². The molecule has 0 unspecified atom stereocenters. The van der Waals surface area contributed by atoms with E-state index in [9.17, 15) is 4.39 Å². The van der Waals surface area contributed by atoms with Crippen molar-refractivity contribution in [2.45, 2.75) is 6.54 Å². The first-order chi connectivity index (χ1) is 8.50. The average Bonchev–Trinajstić information content (AvgIpc) is 2.55. The number of anilines is 1. The lowest BCUT2D eigenvalue weighted by atomic mass is 10.0. The van der Waals surface area contributed by atoms with Crippen LogP contribution < -0.4 is 5.73 Å². The summed E-state index contributed by atoms with van der Waals surface area (Å²) in [5, 5.41) is 4.35. The van der Waals surface area contributed by atoms with Crippen molar-refractivity contribution < 1.29 is 4.39 Å². The van der Waals surface area contributed by atoms with Crippen molar-refractivity contribution in [3.05, 3.63) is 35.8 Å². The number of nitrogen functional groups attached to an aromatic ring is 1. The van der Waals surface area contributed by atoms with Crippen LogP contribution in [-0.4, -0.2) is 28.8 Å². The van der Waals surface area contributed by atoms with Crippen LogP contribution in [0.15, 0.2) is 24.3 Å². The van der Waals surface area contributed by atoms with Gasteiger partial charge in [-0.1, -0.05) is 18.2 Å².